The van der Waals surface area contributed by atoms with Gasteiger partial charge in [0.15, 0.2) is 0 Å². The second kappa shape index (κ2) is 4.93. The van der Waals surface area contributed by atoms with Crippen LogP contribution in [-0.2, 0) is 0 Å². The van der Waals surface area contributed by atoms with E-state index >= 15 is 0 Å². The van der Waals surface area contributed by atoms with Gasteiger partial charge in [0.25, 0.3) is 0 Å². The number of hydrogen-bond donors (Lipinski definition) is 0. The number of allylic oxidation sites excluding steroid dienone is 2. The third-order valence-corrected chi connectivity index (χ3v) is 3.99. The molecule has 0 spiro atoms. The van der Waals surface area contributed by atoms with Gasteiger partial charge < -0.3 is 0 Å². The van der Waals surface area contributed by atoms with E-state index in [-0.39, 0.29) is 0 Å². The first-order valence-electron chi connectivity index (χ1n) is 7.39. The van der Waals surface area contributed by atoms with E-state index in [2.05, 4.69) is 67.0 Å². The number of nitrogens with zero attached hydrogens (tertiary/aromatic N) is 2. The Balaban J connectivity index is 2.09. The molecule has 104 valence electrons. The Kier molecular flexibility index (Phi) is 3.25. The fourth-order valence-electron chi connectivity index (χ4n) is 3.05. The molecule has 1 heterocycles. The van der Waals surface area contributed by atoms with E-state index < -0.39 is 0 Å². The highest BCUT2D eigenvalue weighted by molar-refractivity contribution is 5.66. The van der Waals surface area contributed by atoms with E-state index in [0.29, 0.717) is 5.41 Å². The number of aryl methyl sites for hydroxylation is 1. The molecule has 0 aliphatic heterocycles. The third kappa shape index (κ3) is 2.55. The lowest BCUT2D eigenvalue weighted by atomic mass is 9.79. The lowest BCUT2D eigenvalue weighted by molar-refractivity contribution is 0.410. The maximum atomic E-state index is 4.68. The Morgan fingerprint density at radius 2 is 1.90 bits per heavy atom. The summed E-state index contributed by atoms with van der Waals surface area (Å²) >= 11 is 0. The van der Waals surface area contributed by atoms with Crippen LogP contribution in [0, 0.1) is 12.3 Å². The Bertz CT molecular complexity index is 633. The lowest BCUT2D eigenvalue weighted by Gasteiger charge is -2.27. The van der Waals surface area contributed by atoms with Crippen molar-refractivity contribution in [2.75, 3.05) is 0 Å². The van der Waals surface area contributed by atoms with Crippen LogP contribution in [0.15, 0.2) is 42.5 Å². The zero-order valence-corrected chi connectivity index (χ0v) is 12.6. The summed E-state index contributed by atoms with van der Waals surface area (Å²) in [7, 11) is 0. The molecule has 0 saturated heterocycles. The molecule has 3 rings (SSSR count). The zero-order chi connectivity index (χ0) is 14.2. The van der Waals surface area contributed by atoms with Crippen molar-refractivity contribution in [1.29, 1.82) is 0 Å². The molecule has 20 heavy (non-hydrogen) atoms. The molecule has 1 aliphatic rings. The van der Waals surface area contributed by atoms with Crippen LogP contribution >= 0.6 is 0 Å². The molecule has 0 N–H and O–H groups in total. The van der Waals surface area contributed by atoms with Gasteiger partial charge in [-0.05, 0) is 55.4 Å². The van der Waals surface area contributed by atoms with Crippen molar-refractivity contribution in [3.05, 3.63) is 53.9 Å². The van der Waals surface area contributed by atoms with Crippen molar-refractivity contribution in [3.63, 3.8) is 0 Å². The third-order valence-electron chi connectivity index (χ3n) is 3.99. The second-order valence-electron chi connectivity index (χ2n) is 6.43. The average Bonchev–Trinajstić information content (AvgIpc) is 2.81. The standard InChI is InChI=1S/C18H22N2/c1-14-12-17(15-8-7-11-18(2,3)13-15)20(19-14)16-9-5-4-6-10-16/h4-6,9-10,12-13H,7-8,11H2,1-3H3. The van der Waals surface area contributed by atoms with Gasteiger partial charge in [0.05, 0.1) is 17.1 Å². The van der Waals surface area contributed by atoms with Gasteiger partial charge in [-0.15, -0.1) is 0 Å². The van der Waals surface area contributed by atoms with Crippen molar-refractivity contribution in [2.45, 2.75) is 40.0 Å². The lowest BCUT2D eigenvalue weighted by Crippen LogP contribution is -2.14. The fourth-order valence-corrected chi connectivity index (χ4v) is 3.05. The normalized spacial score (nSPS) is 17.9. The fraction of sp³-hybridized carbons (Fsp3) is 0.389. The number of aromatic nitrogens is 2. The molecule has 1 aliphatic carbocycles. The van der Waals surface area contributed by atoms with Crippen molar-refractivity contribution in [3.8, 4) is 5.69 Å². The van der Waals surface area contributed by atoms with Gasteiger partial charge in [-0.25, -0.2) is 4.68 Å². The minimum Gasteiger partial charge on any atom is -0.233 e. The minimum atomic E-state index is 0.299. The molecule has 2 aromatic rings. The quantitative estimate of drug-likeness (QED) is 0.765. The number of rotatable bonds is 2. The van der Waals surface area contributed by atoms with Crippen LogP contribution in [0.5, 0.6) is 0 Å². The van der Waals surface area contributed by atoms with Gasteiger partial charge in [-0.2, -0.15) is 5.10 Å². The Labute approximate surface area is 121 Å². The maximum absolute atomic E-state index is 4.68. The van der Waals surface area contributed by atoms with Crippen molar-refractivity contribution >= 4 is 5.57 Å². The molecule has 2 nitrogen and oxygen atoms in total. The molecule has 0 unspecified atom stereocenters. The van der Waals surface area contributed by atoms with Crippen molar-refractivity contribution in [2.24, 2.45) is 5.41 Å². The molecule has 1 aromatic carbocycles. The van der Waals surface area contributed by atoms with Crippen LogP contribution in [0.4, 0.5) is 0 Å². The Morgan fingerprint density at radius 1 is 1.15 bits per heavy atom. The van der Waals surface area contributed by atoms with E-state index in [9.17, 15) is 0 Å². The second-order valence-corrected chi connectivity index (χ2v) is 6.43. The van der Waals surface area contributed by atoms with Gasteiger partial charge in [0.2, 0.25) is 0 Å². The predicted octanol–water partition coefficient (Wildman–Crippen LogP) is 4.77. The van der Waals surface area contributed by atoms with Gasteiger partial charge in [0.1, 0.15) is 0 Å². The molecule has 2 heteroatoms. The maximum Gasteiger partial charge on any atom is 0.0700 e. The molecule has 0 bridgehead atoms. The number of hydrogen-bond acceptors (Lipinski definition) is 1. The van der Waals surface area contributed by atoms with E-state index in [4.69, 9.17) is 0 Å². The summed E-state index contributed by atoms with van der Waals surface area (Å²) in [5.74, 6) is 0. The summed E-state index contributed by atoms with van der Waals surface area (Å²) in [4.78, 5) is 0. The van der Waals surface area contributed by atoms with Crippen molar-refractivity contribution in [1.82, 2.24) is 9.78 Å². The monoisotopic (exact) mass is 266 g/mol. The van der Waals surface area contributed by atoms with Gasteiger partial charge >= 0.3 is 0 Å². The number of benzene rings is 1. The summed E-state index contributed by atoms with van der Waals surface area (Å²) in [5, 5.41) is 4.68. The van der Waals surface area contributed by atoms with Crippen LogP contribution in [0.25, 0.3) is 11.3 Å². The average molecular weight is 266 g/mol. The zero-order valence-electron chi connectivity index (χ0n) is 12.6. The summed E-state index contributed by atoms with van der Waals surface area (Å²) in [6, 6.07) is 12.6. The van der Waals surface area contributed by atoms with Crippen LogP contribution in [0.1, 0.15) is 44.5 Å². The Morgan fingerprint density at radius 3 is 2.60 bits per heavy atom. The van der Waals surface area contributed by atoms with E-state index in [1.165, 1.54) is 24.1 Å². The van der Waals surface area contributed by atoms with Gasteiger partial charge in [-0.1, -0.05) is 38.1 Å². The summed E-state index contributed by atoms with van der Waals surface area (Å²) in [6.45, 7) is 6.71. The first-order chi connectivity index (χ1) is 9.55. The van der Waals surface area contributed by atoms with Gasteiger partial charge in [-0.3, -0.25) is 0 Å². The Hall–Kier alpha value is -1.83. The predicted molar refractivity (Wildman–Crippen MR) is 83.9 cm³/mol. The van der Waals surface area contributed by atoms with Crippen LogP contribution < -0.4 is 0 Å². The van der Waals surface area contributed by atoms with Crippen LogP contribution in [0.3, 0.4) is 0 Å². The molecule has 0 atom stereocenters. The van der Waals surface area contributed by atoms with E-state index in [1.807, 2.05) is 6.07 Å². The molecule has 0 radical (unpaired) electrons. The summed E-state index contributed by atoms with van der Waals surface area (Å²) in [5.41, 5.74) is 5.20. The molecule has 0 fully saturated rings. The molecular weight excluding hydrogens is 244 g/mol. The van der Waals surface area contributed by atoms with Gasteiger partial charge in [0, 0.05) is 0 Å². The first-order valence-corrected chi connectivity index (χ1v) is 7.39. The molecule has 0 amide bonds. The minimum absolute atomic E-state index is 0.299. The summed E-state index contributed by atoms with van der Waals surface area (Å²) in [6.07, 6.45) is 6.13. The van der Waals surface area contributed by atoms with Crippen LogP contribution in [-0.4, -0.2) is 9.78 Å². The first kappa shape index (κ1) is 13.2. The van der Waals surface area contributed by atoms with Crippen LogP contribution in [0.2, 0.25) is 0 Å². The van der Waals surface area contributed by atoms with E-state index in [0.717, 1.165) is 17.8 Å². The van der Waals surface area contributed by atoms with Crippen molar-refractivity contribution < 1.29 is 0 Å². The highest BCUT2D eigenvalue weighted by Gasteiger charge is 2.23. The molecular formula is C18H22N2. The smallest absolute Gasteiger partial charge is 0.0700 e. The molecule has 1 aromatic heterocycles. The highest BCUT2D eigenvalue weighted by atomic mass is 15.3. The topological polar surface area (TPSA) is 17.8 Å². The molecule has 0 saturated carbocycles. The SMILES string of the molecule is Cc1cc(C2=CC(C)(C)CCC2)n(-c2ccccc2)n1. The number of para-hydroxylation sites is 1. The largest absolute Gasteiger partial charge is 0.233 e. The van der Waals surface area contributed by atoms with E-state index in [1.54, 1.807) is 0 Å². The summed E-state index contributed by atoms with van der Waals surface area (Å²) < 4.78 is 2.09. The highest BCUT2D eigenvalue weighted by Crippen LogP contribution is 2.37.